The number of hydrogen-bond acceptors (Lipinski definition) is 3. The number of hydrazone groups is 1. The molecule has 5 nitrogen and oxygen atoms in total. The van der Waals surface area contributed by atoms with Gasteiger partial charge < -0.3 is 0 Å². The molecule has 0 aliphatic carbocycles. The third-order valence-corrected chi connectivity index (χ3v) is 3.31. The number of aromatic amines is 1. The lowest BCUT2D eigenvalue weighted by Gasteiger charge is -1.94. The van der Waals surface area contributed by atoms with Crippen LogP contribution in [0.5, 0.6) is 0 Å². The van der Waals surface area contributed by atoms with Crippen LogP contribution in [0, 0.1) is 0 Å². The van der Waals surface area contributed by atoms with E-state index in [0.717, 1.165) is 11.1 Å². The van der Waals surface area contributed by atoms with Crippen molar-refractivity contribution in [3.8, 4) is 11.3 Å². The van der Waals surface area contributed by atoms with Gasteiger partial charge in [-0.15, -0.1) is 0 Å². The lowest BCUT2D eigenvalue weighted by atomic mass is 10.1. The first kappa shape index (κ1) is 15.4. The third kappa shape index (κ3) is 4.04. The molecule has 0 atom stereocenters. The van der Waals surface area contributed by atoms with Gasteiger partial charge in [-0.2, -0.15) is 10.2 Å². The fraction of sp³-hybridized carbons (Fsp3) is 0. The van der Waals surface area contributed by atoms with Gasteiger partial charge in [0.1, 0.15) is 5.69 Å². The molecule has 2 aromatic carbocycles. The molecule has 0 fully saturated rings. The fourth-order valence-electron chi connectivity index (χ4n) is 2.11. The summed E-state index contributed by atoms with van der Waals surface area (Å²) >= 11 is 0. The predicted octanol–water partition coefficient (Wildman–Crippen LogP) is 3.51. The van der Waals surface area contributed by atoms with E-state index < -0.39 is 0 Å². The van der Waals surface area contributed by atoms with Gasteiger partial charge >= 0.3 is 0 Å². The van der Waals surface area contributed by atoms with Crippen molar-refractivity contribution in [3.63, 3.8) is 0 Å². The van der Waals surface area contributed by atoms with Crippen molar-refractivity contribution in [3.05, 3.63) is 84.1 Å². The maximum absolute atomic E-state index is 12.0. The van der Waals surface area contributed by atoms with E-state index in [0.29, 0.717) is 11.4 Å². The van der Waals surface area contributed by atoms with E-state index in [1.54, 1.807) is 12.1 Å². The SMILES string of the molecule is O=C(N/N=C/C=C/c1ccccc1)c1cc(-c2ccccc2)n[nH]1. The van der Waals surface area contributed by atoms with Crippen LogP contribution in [0.2, 0.25) is 0 Å². The molecular formula is C19H16N4O. The number of aromatic nitrogens is 2. The molecule has 1 heterocycles. The zero-order chi connectivity index (χ0) is 16.6. The summed E-state index contributed by atoms with van der Waals surface area (Å²) < 4.78 is 0. The first-order valence-electron chi connectivity index (χ1n) is 7.49. The van der Waals surface area contributed by atoms with Crippen LogP contribution >= 0.6 is 0 Å². The van der Waals surface area contributed by atoms with Gasteiger partial charge in [0.05, 0.1) is 5.69 Å². The maximum Gasteiger partial charge on any atom is 0.289 e. The molecule has 0 radical (unpaired) electrons. The van der Waals surface area contributed by atoms with Crippen LogP contribution in [0.4, 0.5) is 0 Å². The van der Waals surface area contributed by atoms with Gasteiger partial charge in [0.2, 0.25) is 0 Å². The van der Waals surface area contributed by atoms with Gasteiger partial charge in [0.15, 0.2) is 0 Å². The first-order chi connectivity index (χ1) is 11.8. The number of rotatable bonds is 5. The van der Waals surface area contributed by atoms with Gasteiger partial charge in [-0.05, 0) is 17.7 Å². The summed E-state index contributed by atoms with van der Waals surface area (Å²) in [4.78, 5) is 12.0. The monoisotopic (exact) mass is 316 g/mol. The summed E-state index contributed by atoms with van der Waals surface area (Å²) in [6.45, 7) is 0. The van der Waals surface area contributed by atoms with Crippen molar-refractivity contribution in [2.45, 2.75) is 0 Å². The molecule has 0 aliphatic rings. The maximum atomic E-state index is 12.0. The van der Waals surface area contributed by atoms with E-state index in [-0.39, 0.29) is 5.91 Å². The van der Waals surface area contributed by atoms with E-state index in [2.05, 4.69) is 20.7 Å². The van der Waals surface area contributed by atoms with Crippen molar-refractivity contribution < 1.29 is 4.79 Å². The highest BCUT2D eigenvalue weighted by Gasteiger charge is 2.09. The Bertz CT molecular complexity index is 851. The smallest absolute Gasteiger partial charge is 0.272 e. The third-order valence-electron chi connectivity index (χ3n) is 3.31. The molecule has 1 aromatic heterocycles. The van der Waals surface area contributed by atoms with E-state index in [4.69, 9.17) is 0 Å². The Balaban J connectivity index is 1.57. The molecule has 0 saturated carbocycles. The highest BCUT2D eigenvalue weighted by molar-refractivity contribution is 5.93. The van der Waals surface area contributed by atoms with Crippen LogP contribution in [0.25, 0.3) is 17.3 Å². The minimum absolute atomic E-state index is 0.339. The topological polar surface area (TPSA) is 70.1 Å². The molecule has 24 heavy (non-hydrogen) atoms. The molecule has 0 aliphatic heterocycles. The second-order valence-corrected chi connectivity index (χ2v) is 5.02. The van der Waals surface area contributed by atoms with Gasteiger partial charge in [0, 0.05) is 11.8 Å². The Hall–Kier alpha value is -3.47. The normalized spacial score (nSPS) is 11.2. The molecule has 2 N–H and O–H groups in total. The Kier molecular flexibility index (Phi) is 4.94. The zero-order valence-corrected chi connectivity index (χ0v) is 12.9. The second-order valence-electron chi connectivity index (χ2n) is 5.02. The van der Waals surface area contributed by atoms with Gasteiger partial charge in [-0.3, -0.25) is 9.89 Å². The molecule has 3 aromatic rings. The van der Waals surface area contributed by atoms with Crippen LogP contribution in [0.1, 0.15) is 16.1 Å². The van der Waals surface area contributed by atoms with Crippen LogP contribution in [0.15, 0.2) is 77.9 Å². The number of nitrogens with zero attached hydrogens (tertiary/aromatic N) is 2. The Morgan fingerprint density at radius 3 is 2.50 bits per heavy atom. The van der Waals surface area contributed by atoms with E-state index in [9.17, 15) is 4.79 Å². The molecular weight excluding hydrogens is 300 g/mol. The molecule has 118 valence electrons. The zero-order valence-electron chi connectivity index (χ0n) is 12.9. The first-order valence-corrected chi connectivity index (χ1v) is 7.49. The largest absolute Gasteiger partial charge is 0.289 e. The highest BCUT2D eigenvalue weighted by Crippen LogP contribution is 2.16. The second kappa shape index (κ2) is 7.69. The molecule has 0 saturated heterocycles. The number of carbonyl (C=O) groups is 1. The molecule has 0 bridgehead atoms. The van der Waals surface area contributed by atoms with Crippen molar-refractivity contribution in [2.75, 3.05) is 0 Å². The summed E-state index contributed by atoms with van der Waals surface area (Å²) in [7, 11) is 0. The standard InChI is InChI=1S/C19H16N4O/c24-19(23-20-13-7-10-15-8-3-1-4-9-15)18-14-17(21-22-18)16-11-5-2-6-12-16/h1-14H,(H,21,22)(H,23,24)/b10-7+,20-13+. The summed E-state index contributed by atoms with van der Waals surface area (Å²) in [5.74, 6) is -0.339. The van der Waals surface area contributed by atoms with Crippen LogP contribution in [0.3, 0.4) is 0 Å². The molecule has 5 heteroatoms. The van der Waals surface area contributed by atoms with Crippen molar-refractivity contribution in [1.29, 1.82) is 0 Å². The molecule has 0 spiro atoms. The number of nitrogens with one attached hydrogen (secondary N) is 2. The number of benzene rings is 2. The highest BCUT2D eigenvalue weighted by atomic mass is 16.2. The average molecular weight is 316 g/mol. The fourth-order valence-corrected chi connectivity index (χ4v) is 2.11. The van der Waals surface area contributed by atoms with Crippen LogP contribution < -0.4 is 5.43 Å². The van der Waals surface area contributed by atoms with E-state index in [1.807, 2.05) is 66.7 Å². The quantitative estimate of drug-likeness (QED) is 0.558. The van der Waals surface area contributed by atoms with Gasteiger partial charge in [0.25, 0.3) is 5.91 Å². The summed E-state index contributed by atoms with van der Waals surface area (Å²) in [6.07, 6.45) is 5.19. The summed E-state index contributed by atoms with van der Waals surface area (Å²) in [5, 5.41) is 10.7. The van der Waals surface area contributed by atoms with Gasteiger partial charge in [-0.1, -0.05) is 66.7 Å². The van der Waals surface area contributed by atoms with E-state index >= 15 is 0 Å². The predicted molar refractivity (Wildman–Crippen MR) is 95.5 cm³/mol. The Labute approximate surface area is 139 Å². The number of carbonyl (C=O) groups excluding carboxylic acids is 1. The Morgan fingerprint density at radius 2 is 1.75 bits per heavy atom. The van der Waals surface area contributed by atoms with Crippen molar-refractivity contribution >= 4 is 18.2 Å². The van der Waals surface area contributed by atoms with Crippen LogP contribution in [-0.2, 0) is 0 Å². The Morgan fingerprint density at radius 1 is 1.04 bits per heavy atom. The van der Waals surface area contributed by atoms with E-state index in [1.165, 1.54) is 6.21 Å². The summed E-state index contributed by atoms with van der Waals surface area (Å²) in [5.41, 5.74) is 5.55. The van der Waals surface area contributed by atoms with Gasteiger partial charge in [-0.25, -0.2) is 5.43 Å². The lowest BCUT2D eigenvalue weighted by molar-refractivity contribution is 0.0950. The molecule has 3 rings (SSSR count). The summed E-state index contributed by atoms with van der Waals surface area (Å²) in [6, 6.07) is 21.2. The van der Waals surface area contributed by atoms with Crippen molar-refractivity contribution in [1.82, 2.24) is 15.6 Å². The van der Waals surface area contributed by atoms with Crippen molar-refractivity contribution in [2.24, 2.45) is 5.10 Å². The minimum atomic E-state index is -0.339. The molecule has 1 amide bonds. The molecule has 0 unspecified atom stereocenters. The number of amides is 1. The lowest BCUT2D eigenvalue weighted by Crippen LogP contribution is -2.17. The van der Waals surface area contributed by atoms with Crippen LogP contribution in [-0.4, -0.2) is 22.3 Å². The average Bonchev–Trinajstić information content (AvgIpc) is 3.13. The number of hydrogen-bond donors (Lipinski definition) is 2. The number of H-pyrrole nitrogens is 1. The number of allylic oxidation sites excluding steroid dienone is 1. The minimum Gasteiger partial charge on any atom is -0.272 e.